The molecule has 1 atom stereocenters. The molecule has 0 aromatic carbocycles. The van der Waals surface area contributed by atoms with Gasteiger partial charge in [0.1, 0.15) is 0 Å². The van der Waals surface area contributed by atoms with E-state index in [1.54, 1.807) is 12.4 Å². The standard InChI is InChI=1S/C12H16N4/c13-4-1-12(11-2-5-14-6-3-11)16-9-7-15-8-10-16/h2-3,5-6,12,15H,1,7-10H2/t12-/m1/s1. The summed E-state index contributed by atoms with van der Waals surface area (Å²) in [4.78, 5) is 6.39. The van der Waals surface area contributed by atoms with Gasteiger partial charge in [0.15, 0.2) is 0 Å². The molecule has 0 bridgehead atoms. The fraction of sp³-hybridized carbons (Fsp3) is 0.500. The van der Waals surface area contributed by atoms with Crippen molar-refractivity contribution in [2.75, 3.05) is 26.2 Å². The molecule has 4 heteroatoms. The van der Waals surface area contributed by atoms with Crippen molar-refractivity contribution >= 4 is 0 Å². The van der Waals surface area contributed by atoms with Gasteiger partial charge < -0.3 is 5.32 Å². The molecule has 0 radical (unpaired) electrons. The molecule has 2 heterocycles. The summed E-state index contributed by atoms with van der Waals surface area (Å²) in [5.74, 6) is 0. The van der Waals surface area contributed by atoms with E-state index in [0.29, 0.717) is 6.42 Å². The van der Waals surface area contributed by atoms with Gasteiger partial charge in [-0.05, 0) is 17.7 Å². The summed E-state index contributed by atoms with van der Waals surface area (Å²) in [7, 11) is 0. The van der Waals surface area contributed by atoms with E-state index in [2.05, 4.69) is 21.3 Å². The van der Waals surface area contributed by atoms with E-state index in [0.717, 1.165) is 26.2 Å². The number of aromatic nitrogens is 1. The molecule has 1 N–H and O–H groups in total. The molecule has 4 nitrogen and oxygen atoms in total. The number of hydrogen-bond donors (Lipinski definition) is 1. The van der Waals surface area contributed by atoms with E-state index in [4.69, 9.17) is 5.26 Å². The first-order chi connectivity index (χ1) is 7.92. The maximum absolute atomic E-state index is 8.92. The third kappa shape index (κ3) is 2.57. The lowest BCUT2D eigenvalue weighted by Crippen LogP contribution is -2.45. The minimum absolute atomic E-state index is 0.218. The summed E-state index contributed by atoms with van der Waals surface area (Å²) < 4.78 is 0. The van der Waals surface area contributed by atoms with Crippen LogP contribution in [0.25, 0.3) is 0 Å². The smallest absolute Gasteiger partial charge is 0.0641 e. The largest absolute Gasteiger partial charge is 0.314 e. The maximum Gasteiger partial charge on any atom is 0.0641 e. The number of piperazine rings is 1. The van der Waals surface area contributed by atoms with Crippen LogP contribution in [0.1, 0.15) is 18.0 Å². The first-order valence-corrected chi connectivity index (χ1v) is 5.63. The topological polar surface area (TPSA) is 52.0 Å². The first kappa shape index (κ1) is 11.1. The normalized spacial score (nSPS) is 18.9. The van der Waals surface area contributed by atoms with Gasteiger partial charge in [0.25, 0.3) is 0 Å². The molecule has 1 fully saturated rings. The van der Waals surface area contributed by atoms with Gasteiger partial charge in [-0.1, -0.05) is 0 Å². The molecular formula is C12H16N4. The fourth-order valence-electron chi connectivity index (χ4n) is 2.12. The van der Waals surface area contributed by atoms with Crippen molar-refractivity contribution < 1.29 is 0 Å². The van der Waals surface area contributed by atoms with Crippen LogP contribution in [-0.2, 0) is 0 Å². The van der Waals surface area contributed by atoms with Crippen LogP contribution in [0, 0.1) is 11.3 Å². The summed E-state index contributed by atoms with van der Waals surface area (Å²) in [6, 6.07) is 6.51. The van der Waals surface area contributed by atoms with E-state index < -0.39 is 0 Å². The Balaban J connectivity index is 2.13. The maximum atomic E-state index is 8.92. The van der Waals surface area contributed by atoms with Gasteiger partial charge in [-0.3, -0.25) is 9.88 Å². The molecule has 2 rings (SSSR count). The second kappa shape index (κ2) is 5.59. The van der Waals surface area contributed by atoms with Crippen LogP contribution >= 0.6 is 0 Å². The second-order valence-electron chi connectivity index (χ2n) is 3.94. The highest BCUT2D eigenvalue weighted by Crippen LogP contribution is 2.23. The number of nitriles is 1. The minimum atomic E-state index is 0.218. The molecule has 0 amide bonds. The van der Waals surface area contributed by atoms with Crippen LogP contribution in [0.2, 0.25) is 0 Å². The van der Waals surface area contributed by atoms with Gasteiger partial charge >= 0.3 is 0 Å². The Morgan fingerprint density at radius 1 is 1.38 bits per heavy atom. The Hall–Kier alpha value is -1.44. The number of nitrogens with zero attached hydrogens (tertiary/aromatic N) is 3. The lowest BCUT2D eigenvalue weighted by atomic mass is 10.0. The molecule has 1 aliphatic rings. The average molecular weight is 216 g/mol. The van der Waals surface area contributed by atoms with Gasteiger partial charge in [0.05, 0.1) is 12.5 Å². The summed E-state index contributed by atoms with van der Waals surface area (Å²) in [6.07, 6.45) is 4.13. The molecule has 0 spiro atoms. The van der Waals surface area contributed by atoms with Gasteiger partial charge in [0.2, 0.25) is 0 Å². The van der Waals surface area contributed by atoms with Crippen LogP contribution in [-0.4, -0.2) is 36.1 Å². The molecule has 0 unspecified atom stereocenters. The predicted octanol–water partition coefficient (Wildman–Crippen LogP) is 0.942. The van der Waals surface area contributed by atoms with Crippen LogP contribution in [0.3, 0.4) is 0 Å². The Bertz CT molecular complexity index is 351. The molecule has 84 valence electrons. The van der Waals surface area contributed by atoms with Crippen molar-refractivity contribution in [2.24, 2.45) is 0 Å². The second-order valence-corrected chi connectivity index (χ2v) is 3.94. The monoisotopic (exact) mass is 216 g/mol. The van der Waals surface area contributed by atoms with E-state index in [1.807, 2.05) is 12.1 Å². The Morgan fingerprint density at radius 3 is 2.69 bits per heavy atom. The van der Waals surface area contributed by atoms with Crippen LogP contribution < -0.4 is 5.32 Å². The van der Waals surface area contributed by atoms with Gasteiger partial charge in [-0.25, -0.2) is 0 Å². The highest BCUT2D eigenvalue weighted by molar-refractivity contribution is 5.16. The third-order valence-corrected chi connectivity index (χ3v) is 2.97. The van der Waals surface area contributed by atoms with Crippen molar-refractivity contribution in [3.05, 3.63) is 30.1 Å². The van der Waals surface area contributed by atoms with E-state index in [9.17, 15) is 0 Å². The lowest BCUT2D eigenvalue weighted by molar-refractivity contribution is 0.175. The summed E-state index contributed by atoms with van der Waals surface area (Å²) >= 11 is 0. The van der Waals surface area contributed by atoms with Crippen molar-refractivity contribution in [3.63, 3.8) is 0 Å². The van der Waals surface area contributed by atoms with Gasteiger partial charge in [-0.15, -0.1) is 0 Å². The zero-order valence-electron chi connectivity index (χ0n) is 9.26. The quantitative estimate of drug-likeness (QED) is 0.817. The SMILES string of the molecule is N#CC[C@H](c1ccncc1)N1CCNCC1. The molecule has 0 aliphatic carbocycles. The molecule has 1 aromatic rings. The molecule has 1 aliphatic heterocycles. The predicted molar refractivity (Wildman–Crippen MR) is 61.7 cm³/mol. The van der Waals surface area contributed by atoms with Crippen molar-refractivity contribution in [1.29, 1.82) is 5.26 Å². The Labute approximate surface area is 95.9 Å². The highest BCUT2D eigenvalue weighted by atomic mass is 15.2. The summed E-state index contributed by atoms with van der Waals surface area (Å²) in [5, 5.41) is 12.2. The lowest BCUT2D eigenvalue weighted by Gasteiger charge is -2.33. The van der Waals surface area contributed by atoms with E-state index >= 15 is 0 Å². The zero-order chi connectivity index (χ0) is 11.2. The number of rotatable bonds is 3. The van der Waals surface area contributed by atoms with Crippen molar-refractivity contribution in [2.45, 2.75) is 12.5 Å². The molecule has 1 saturated heterocycles. The Kier molecular flexibility index (Phi) is 3.86. The van der Waals surface area contributed by atoms with Crippen molar-refractivity contribution in [3.8, 4) is 6.07 Å². The molecule has 0 saturated carbocycles. The van der Waals surface area contributed by atoms with E-state index in [1.165, 1.54) is 5.56 Å². The van der Waals surface area contributed by atoms with Gasteiger partial charge in [0, 0.05) is 44.6 Å². The van der Waals surface area contributed by atoms with Crippen LogP contribution in [0.15, 0.2) is 24.5 Å². The van der Waals surface area contributed by atoms with E-state index in [-0.39, 0.29) is 6.04 Å². The summed E-state index contributed by atoms with van der Waals surface area (Å²) in [5.41, 5.74) is 1.19. The molecule has 16 heavy (non-hydrogen) atoms. The third-order valence-electron chi connectivity index (χ3n) is 2.97. The number of pyridine rings is 1. The summed E-state index contributed by atoms with van der Waals surface area (Å²) in [6.45, 7) is 4.03. The van der Waals surface area contributed by atoms with Crippen molar-refractivity contribution in [1.82, 2.24) is 15.2 Å². The zero-order valence-corrected chi connectivity index (χ0v) is 9.26. The van der Waals surface area contributed by atoms with Crippen LogP contribution in [0.4, 0.5) is 0 Å². The van der Waals surface area contributed by atoms with Gasteiger partial charge in [-0.2, -0.15) is 5.26 Å². The Morgan fingerprint density at radius 2 is 2.06 bits per heavy atom. The average Bonchev–Trinajstić information content (AvgIpc) is 2.38. The molecular weight excluding hydrogens is 200 g/mol. The minimum Gasteiger partial charge on any atom is -0.314 e. The number of hydrogen-bond acceptors (Lipinski definition) is 4. The highest BCUT2D eigenvalue weighted by Gasteiger charge is 2.21. The fourth-order valence-corrected chi connectivity index (χ4v) is 2.12. The number of nitrogens with one attached hydrogen (secondary N) is 1. The van der Waals surface area contributed by atoms with Crippen LogP contribution in [0.5, 0.6) is 0 Å². The molecule has 1 aromatic heterocycles. The first-order valence-electron chi connectivity index (χ1n) is 5.63.